The van der Waals surface area contributed by atoms with Crippen molar-refractivity contribution < 1.29 is 27.1 Å². The van der Waals surface area contributed by atoms with Gasteiger partial charge in [-0.25, -0.2) is 17.6 Å². The van der Waals surface area contributed by atoms with Crippen molar-refractivity contribution in [2.75, 3.05) is 44.8 Å². The van der Waals surface area contributed by atoms with Crippen LogP contribution in [-0.4, -0.2) is 77.1 Å². The summed E-state index contributed by atoms with van der Waals surface area (Å²) in [5, 5.41) is 13.4. The van der Waals surface area contributed by atoms with Crippen LogP contribution in [0.15, 0.2) is 30.3 Å². The number of benzene rings is 2. The summed E-state index contributed by atoms with van der Waals surface area (Å²) in [6.07, 6.45) is 0.873. The lowest BCUT2D eigenvalue weighted by molar-refractivity contribution is 0.0162. The minimum absolute atomic E-state index is 0.00234. The Morgan fingerprint density at radius 2 is 1.84 bits per heavy atom. The first-order valence-electron chi connectivity index (χ1n) is 13.0. The van der Waals surface area contributed by atoms with Crippen LogP contribution in [0, 0.1) is 17.5 Å². The van der Waals surface area contributed by atoms with Crippen LogP contribution in [0.25, 0.3) is 10.9 Å². The van der Waals surface area contributed by atoms with Gasteiger partial charge >= 0.3 is 0 Å². The fourth-order valence-electron chi connectivity index (χ4n) is 5.81. The second-order valence-electron chi connectivity index (χ2n) is 10.9. The number of likely N-dealkylation sites (tertiary alicyclic amines) is 1. The van der Waals surface area contributed by atoms with Crippen LogP contribution in [0.4, 0.5) is 27.6 Å². The fraction of sp³-hybridized carbons (Fsp3) is 0.500. The van der Waals surface area contributed by atoms with E-state index >= 15 is 13.2 Å². The molecule has 0 amide bonds. The Morgan fingerprint density at radius 1 is 1.13 bits per heavy atom. The number of anilines is 1. The van der Waals surface area contributed by atoms with E-state index < -0.39 is 35.8 Å². The molecule has 3 aromatic rings. The maximum absolute atomic E-state index is 15.8. The number of aromatic nitrogens is 1. The normalized spacial score (nSPS) is 22.3. The Morgan fingerprint density at radius 3 is 2.50 bits per heavy atom. The van der Waals surface area contributed by atoms with Crippen LogP contribution in [0.2, 0.25) is 0 Å². The molecule has 10 heteroatoms. The van der Waals surface area contributed by atoms with Gasteiger partial charge in [0.1, 0.15) is 23.1 Å². The molecular formula is C28H33F5N4O. The third-order valence-corrected chi connectivity index (χ3v) is 7.70. The van der Waals surface area contributed by atoms with Crippen molar-refractivity contribution in [2.24, 2.45) is 0 Å². The van der Waals surface area contributed by atoms with Gasteiger partial charge in [0.05, 0.1) is 25.4 Å². The van der Waals surface area contributed by atoms with Gasteiger partial charge in [-0.1, -0.05) is 0 Å². The number of fused-ring (bicyclic) bond motifs is 3. The SMILES string of the molecule is C[C@@H]1Cc2c([nH]c3ccc(F)cc23)[C@@H](c2c(F)cc(NC3CN(CCCF)C3)cc2F)N1CC(C)(F)CO. The van der Waals surface area contributed by atoms with E-state index in [1.54, 1.807) is 11.0 Å². The molecule has 0 saturated carbocycles. The van der Waals surface area contributed by atoms with E-state index in [1.165, 1.54) is 31.2 Å². The zero-order valence-corrected chi connectivity index (χ0v) is 21.5. The first kappa shape index (κ1) is 26.9. The van der Waals surface area contributed by atoms with Crippen molar-refractivity contribution in [3.05, 3.63) is 64.6 Å². The van der Waals surface area contributed by atoms with E-state index in [1.807, 2.05) is 6.92 Å². The number of H-pyrrole nitrogens is 1. The summed E-state index contributed by atoms with van der Waals surface area (Å²) in [7, 11) is 0. The lowest BCUT2D eigenvalue weighted by Gasteiger charge is -2.43. The summed E-state index contributed by atoms with van der Waals surface area (Å²) in [5.74, 6) is -1.99. The zero-order chi connectivity index (χ0) is 27.2. The topological polar surface area (TPSA) is 54.5 Å². The Bertz CT molecular complexity index is 1280. The maximum Gasteiger partial charge on any atom is 0.143 e. The van der Waals surface area contributed by atoms with Crippen LogP contribution < -0.4 is 5.32 Å². The Hall–Kier alpha value is -2.69. The van der Waals surface area contributed by atoms with Gasteiger partial charge in [0.15, 0.2) is 0 Å². The van der Waals surface area contributed by atoms with Gasteiger partial charge in [0, 0.05) is 60.1 Å². The zero-order valence-electron chi connectivity index (χ0n) is 21.5. The van der Waals surface area contributed by atoms with Crippen LogP contribution in [0.3, 0.4) is 0 Å². The van der Waals surface area contributed by atoms with E-state index in [4.69, 9.17) is 0 Å². The smallest absolute Gasteiger partial charge is 0.143 e. The number of nitrogens with one attached hydrogen (secondary N) is 2. The van der Waals surface area contributed by atoms with Crippen molar-refractivity contribution in [1.29, 1.82) is 0 Å². The quantitative estimate of drug-likeness (QED) is 0.333. The van der Waals surface area contributed by atoms with Crippen molar-refractivity contribution in [3.8, 4) is 0 Å². The number of hydrogen-bond acceptors (Lipinski definition) is 4. The second-order valence-corrected chi connectivity index (χ2v) is 10.9. The van der Waals surface area contributed by atoms with Gasteiger partial charge < -0.3 is 15.4 Å². The molecule has 3 N–H and O–H groups in total. The molecule has 2 aliphatic heterocycles. The molecule has 206 valence electrons. The number of nitrogens with zero attached hydrogens (tertiary/aromatic N) is 2. The third kappa shape index (κ3) is 5.13. The summed E-state index contributed by atoms with van der Waals surface area (Å²) < 4.78 is 73.1. The molecule has 0 bridgehead atoms. The highest BCUT2D eigenvalue weighted by Gasteiger charge is 2.42. The van der Waals surface area contributed by atoms with Crippen LogP contribution in [0.1, 0.15) is 43.1 Å². The Kier molecular flexibility index (Phi) is 7.41. The number of hydrogen-bond donors (Lipinski definition) is 3. The standard InChI is InChI=1S/C28H33F5N4O/c1-16-8-21-20-9-17(30)4-5-24(20)35-26(21)27(37(16)14-28(2,33)15-38)25-22(31)10-18(11-23(25)32)34-19-12-36(13-19)7-3-6-29/h4-5,9-11,16,19,27,34-35,38H,3,6-8,12-15H2,1-2H3/t16-,27-,28?/m1/s1. The molecule has 2 aliphatic rings. The number of halogens is 5. The number of rotatable bonds is 9. The molecule has 5 rings (SSSR count). The van der Waals surface area contributed by atoms with E-state index in [-0.39, 0.29) is 30.9 Å². The molecule has 2 aromatic carbocycles. The van der Waals surface area contributed by atoms with E-state index in [0.717, 1.165) is 5.56 Å². The van der Waals surface area contributed by atoms with Crippen LogP contribution in [-0.2, 0) is 6.42 Å². The summed E-state index contributed by atoms with van der Waals surface area (Å²) >= 11 is 0. The third-order valence-electron chi connectivity index (χ3n) is 7.70. The molecule has 1 fully saturated rings. The highest BCUT2D eigenvalue weighted by Crippen LogP contribution is 2.43. The number of aliphatic hydroxyl groups is 1. The minimum atomic E-state index is -2.01. The lowest BCUT2D eigenvalue weighted by atomic mass is 9.87. The largest absolute Gasteiger partial charge is 0.393 e. The average Bonchev–Trinajstić information content (AvgIpc) is 3.18. The monoisotopic (exact) mass is 536 g/mol. The molecule has 38 heavy (non-hydrogen) atoms. The number of aromatic amines is 1. The van der Waals surface area contributed by atoms with Crippen LogP contribution in [0.5, 0.6) is 0 Å². The van der Waals surface area contributed by atoms with E-state index in [0.29, 0.717) is 54.8 Å². The molecule has 3 heterocycles. The van der Waals surface area contributed by atoms with Crippen molar-refractivity contribution in [2.45, 2.75) is 50.5 Å². The lowest BCUT2D eigenvalue weighted by Crippen LogP contribution is -2.54. The van der Waals surface area contributed by atoms with Gasteiger partial charge in [0.2, 0.25) is 0 Å². The van der Waals surface area contributed by atoms with Crippen molar-refractivity contribution in [1.82, 2.24) is 14.8 Å². The summed E-state index contributed by atoms with van der Waals surface area (Å²) in [5.41, 5.74) is -0.0993. The van der Waals surface area contributed by atoms with Crippen molar-refractivity contribution in [3.63, 3.8) is 0 Å². The Labute approximate surface area is 218 Å². The molecular weight excluding hydrogens is 503 g/mol. The average molecular weight is 537 g/mol. The number of alkyl halides is 2. The van der Waals surface area contributed by atoms with Crippen LogP contribution >= 0.6 is 0 Å². The van der Waals surface area contributed by atoms with Gasteiger partial charge in [-0.3, -0.25) is 14.2 Å². The molecule has 1 unspecified atom stereocenters. The molecule has 0 spiro atoms. The fourth-order valence-corrected chi connectivity index (χ4v) is 5.81. The van der Waals surface area contributed by atoms with E-state index in [9.17, 15) is 13.9 Å². The van der Waals surface area contributed by atoms with Crippen molar-refractivity contribution >= 4 is 16.6 Å². The van der Waals surface area contributed by atoms with Gasteiger partial charge in [-0.2, -0.15) is 0 Å². The summed E-state index contributed by atoms with van der Waals surface area (Å²) in [4.78, 5) is 6.94. The highest BCUT2D eigenvalue weighted by atomic mass is 19.2. The molecule has 3 atom stereocenters. The molecule has 0 radical (unpaired) electrons. The predicted molar refractivity (Wildman–Crippen MR) is 137 cm³/mol. The van der Waals surface area contributed by atoms with Gasteiger partial charge in [-0.15, -0.1) is 0 Å². The molecule has 5 nitrogen and oxygen atoms in total. The summed E-state index contributed by atoms with van der Waals surface area (Å²) in [6, 6.07) is 5.40. The molecule has 1 saturated heterocycles. The Balaban J connectivity index is 1.52. The highest BCUT2D eigenvalue weighted by molar-refractivity contribution is 5.85. The molecule has 1 aromatic heterocycles. The minimum Gasteiger partial charge on any atom is -0.393 e. The van der Waals surface area contributed by atoms with Gasteiger partial charge in [0.25, 0.3) is 0 Å². The van der Waals surface area contributed by atoms with Gasteiger partial charge in [-0.05, 0) is 62.6 Å². The summed E-state index contributed by atoms with van der Waals surface area (Å²) in [6.45, 7) is 3.66. The second kappa shape index (κ2) is 10.5. The first-order valence-corrected chi connectivity index (χ1v) is 13.0. The number of aliphatic hydroxyl groups excluding tert-OH is 1. The maximum atomic E-state index is 15.8. The predicted octanol–water partition coefficient (Wildman–Crippen LogP) is 5.10. The molecule has 0 aliphatic carbocycles. The first-order chi connectivity index (χ1) is 18.1. The van der Waals surface area contributed by atoms with E-state index in [2.05, 4.69) is 15.2 Å².